The third kappa shape index (κ3) is 122. The largest absolute Gasteiger partial charge is 0.466 e. The fraction of sp³-hybridized carbons (Fsp3) is 0. The van der Waals surface area contributed by atoms with Gasteiger partial charge < -0.3 is 14.7 Å². The average Bonchev–Trinajstić information content (AvgIpc) is 0.722. The molecule has 4 nitrogen and oxygen atoms in total. The molecule has 0 saturated carbocycles. The Balaban J connectivity index is -0.0000000267. The standard InChI is InChI=1S/Fe.2Mn.H3O4P/c;;;1-5(2,3)4/h;;;(H3,1,2,3,4). The Kier molecular flexibility index (Phi) is 24.5. The summed E-state index contributed by atoms with van der Waals surface area (Å²) in [7, 11) is -4.64. The van der Waals surface area contributed by atoms with Gasteiger partial charge in [0, 0.05) is 51.2 Å². The van der Waals surface area contributed by atoms with Gasteiger partial charge in [0.2, 0.25) is 0 Å². The van der Waals surface area contributed by atoms with Crippen molar-refractivity contribution < 1.29 is 70.5 Å². The van der Waals surface area contributed by atoms with Crippen LogP contribution in [0.3, 0.4) is 0 Å². The Morgan fingerprint density at radius 3 is 1.00 bits per heavy atom. The summed E-state index contributed by atoms with van der Waals surface area (Å²) in [6.45, 7) is 0. The maximum atomic E-state index is 8.88. The van der Waals surface area contributed by atoms with E-state index in [-0.39, 0.29) is 51.2 Å². The van der Waals surface area contributed by atoms with Gasteiger partial charge in [-0.25, -0.2) is 4.57 Å². The van der Waals surface area contributed by atoms with Gasteiger partial charge in [0.1, 0.15) is 0 Å². The van der Waals surface area contributed by atoms with Crippen LogP contribution < -0.4 is 0 Å². The molecule has 0 rings (SSSR count). The van der Waals surface area contributed by atoms with Crippen LogP contribution in [0.15, 0.2) is 0 Å². The van der Waals surface area contributed by atoms with Crippen LogP contribution >= 0.6 is 7.82 Å². The molecule has 0 aliphatic rings. The molecule has 8 heavy (non-hydrogen) atoms. The van der Waals surface area contributed by atoms with Crippen molar-refractivity contribution in [3.05, 3.63) is 0 Å². The molecule has 0 bridgehead atoms. The normalized spacial score (nSPS) is 7.38. The van der Waals surface area contributed by atoms with Crippen LogP contribution in [-0.4, -0.2) is 14.7 Å². The van der Waals surface area contributed by atoms with Crippen molar-refractivity contribution in [1.29, 1.82) is 0 Å². The first-order chi connectivity index (χ1) is 2.00. The van der Waals surface area contributed by atoms with Gasteiger partial charge in [0.25, 0.3) is 0 Å². The summed E-state index contributed by atoms with van der Waals surface area (Å²) < 4.78 is 8.88. The molecule has 0 atom stereocenters. The number of hydrogen-bond donors (Lipinski definition) is 3. The predicted octanol–water partition coefficient (Wildman–Crippen LogP) is -0.936. The minimum atomic E-state index is -4.64. The zero-order chi connectivity index (χ0) is 4.50. The Labute approximate surface area is 78.1 Å². The predicted molar refractivity (Wildman–Crippen MR) is 14.3 cm³/mol. The minimum Gasteiger partial charge on any atom is -0.303 e. The molecule has 0 aliphatic heterocycles. The van der Waals surface area contributed by atoms with E-state index in [1.54, 1.807) is 0 Å². The molecule has 0 spiro atoms. The zero-order valence-corrected chi connectivity index (χ0v) is 7.67. The summed E-state index contributed by atoms with van der Waals surface area (Å²) in [4.78, 5) is 21.6. The maximum absolute atomic E-state index is 8.88. The van der Waals surface area contributed by atoms with Crippen molar-refractivity contribution in [3.8, 4) is 0 Å². The number of phosphoric acid groups is 1. The SMILES string of the molecule is O=P(O)(O)O.[Fe].[Mn].[Mn]. The van der Waals surface area contributed by atoms with Gasteiger partial charge in [0.15, 0.2) is 0 Å². The molecule has 8 heteroatoms. The molecule has 54 valence electrons. The molecule has 2 radical (unpaired) electrons. The van der Waals surface area contributed by atoms with Crippen molar-refractivity contribution in [1.82, 2.24) is 0 Å². The Morgan fingerprint density at radius 2 is 1.00 bits per heavy atom. The molecule has 0 heterocycles. The molecule has 0 unspecified atom stereocenters. The second-order valence-corrected chi connectivity index (χ2v) is 1.54. The second kappa shape index (κ2) is 8.67. The minimum absolute atomic E-state index is 0. The Morgan fingerprint density at radius 1 is 1.00 bits per heavy atom. The fourth-order valence-corrected chi connectivity index (χ4v) is 0. The summed E-state index contributed by atoms with van der Waals surface area (Å²) in [5, 5.41) is 0. The van der Waals surface area contributed by atoms with Crippen LogP contribution in [0.4, 0.5) is 0 Å². The molecule has 0 saturated heterocycles. The van der Waals surface area contributed by atoms with Gasteiger partial charge in [-0.1, -0.05) is 0 Å². The molecular formula is H3FeMn2O4P. The van der Waals surface area contributed by atoms with Crippen LogP contribution in [0.2, 0.25) is 0 Å². The average molecular weight is 264 g/mol. The van der Waals surface area contributed by atoms with E-state index in [2.05, 4.69) is 0 Å². The fourth-order valence-electron chi connectivity index (χ4n) is 0. The van der Waals surface area contributed by atoms with E-state index >= 15 is 0 Å². The first kappa shape index (κ1) is 22.6. The monoisotopic (exact) mass is 264 g/mol. The van der Waals surface area contributed by atoms with E-state index in [0.29, 0.717) is 0 Å². The van der Waals surface area contributed by atoms with Crippen molar-refractivity contribution in [3.63, 3.8) is 0 Å². The van der Waals surface area contributed by atoms with Gasteiger partial charge in [-0.2, -0.15) is 0 Å². The Hall–Kier alpha value is 1.67. The summed E-state index contributed by atoms with van der Waals surface area (Å²) in [6, 6.07) is 0. The van der Waals surface area contributed by atoms with Crippen LogP contribution in [0.5, 0.6) is 0 Å². The first-order valence-corrected chi connectivity index (χ1v) is 2.35. The summed E-state index contributed by atoms with van der Waals surface area (Å²) >= 11 is 0. The molecular weight excluding hydrogens is 261 g/mol. The van der Waals surface area contributed by atoms with E-state index in [0.717, 1.165) is 0 Å². The zero-order valence-electron chi connectivity index (χ0n) is 3.31. The second-order valence-electron chi connectivity index (χ2n) is 0.513. The molecule has 0 amide bonds. The van der Waals surface area contributed by atoms with Gasteiger partial charge in [0.05, 0.1) is 0 Å². The van der Waals surface area contributed by atoms with Crippen LogP contribution in [0.1, 0.15) is 0 Å². The van der Waals surface area contributed by atoms with Crippen molar-refractivity contribution in [2.24, 2.45) is 0 Å². The van der Waals surface area contributed by atoms with Gasteiger partial charge in [-0.3, -0.25) is 0 Å². The van der Waals surface area contributed by atoms with E-state index in [1.165, 1.54) is 0 Å². The molecule has 3 N–H and O–H groups in total. The van der Waals surface area contributed by atoms with Crippen molar-refractivity contribution >= 4 is 7.82 Å². The number of hydrogen-bond acceptors (Lipinski definition) is 1. The van der Waals surface area contributed by atoms with E-state index < -0.39 is 7.82 Å². The van der Waals surface area contributed by atoms with Crippen LogP contribution in [0.25, 0.3) is 0 Å². The summed E-state index contributed by atoms with van der Waals surface area (Å²) in [5.74, 6) is 0. The van der Waals surface area contributed by atoms with Crippen molar-refractivity contribution in [2.45, 2.75) is 0 Å². The summed E-state index contributed by atoms with van der Waals surface area (Å²) in [6.07, 6.45) is 0. The third-order valence-corrected chi connectivity index (χ3v) is 0. The van der Waals surface area contributed by atoms with Crippen LogP contribution in [0, 0.1) is 0 Å². The molecule has 0 aromatic carbocycles. The molecule has 0 fully saturated rings. The Bertz CT molecular complexity index is 60.2. The molecule has 0 aromatic heterocycles. The van der Waals surface area contributed by atoms with E-state index in [9.17, 15) is 0 Å². The topological polar surface area (TPSA) is 77.8 Å². The summed E-state index contributed by atoms with van der Waals surface area (Å²) in [5.41, 5.74) is 0. The van der Waals surface area contributed by atoms with E-state index in [1.807, 2.05) is 0 Å². The molecule has 0 aliphatic carbocycles. The number of rotatable bonds is 0. The third-order valence-electron chi connectivity index (χ3n) is 0. The van der Waals surface area contributed by atoms with E-state index in [4.69, 9.17) is 19.2 Å². The van der Waals surface area contributed by atoms with Gasteiger partial charge in [-0.15, -0.1) is 0 Å². The molecule has 0 aromatic rings. The first-order valence-electron chi connectivity index (χ1n) is 0.783. The van der Waals surface area contributed by atoms with Gasteiger partial charge in [-0.05, 0) is 0 Å². The van der Waals surface area contributed by atoms with Gasteiger partial charge >= 0.3 is 7.82 Å². The van der Waals surface area contributed by atoms with Crippen LogP contribution in [-0.2, 0) is 55.8 Å². The maximum Gasteiger partial charge on any atom is 0.466 e. The quantitative estimate of drug-likeness (QED) is 0.390. The van der Waals surface area contributed by atoms with Crippen molar-refractivity contribution in [2.75, 3.05) is 0 Å². The smallest absolute Gasteiger partial charge is 0.303 e.